The number of hydrogen-bond acceptors (Lipinski definition) is 5. The molecule has 0 saturated heterocycles. The summed E-state index contributed by atoms with van der Waals surface area (Å²) in [4.78, 5) is 12.7. The van der Waals surface area contributed by atoms with Crippen molar-refractivity contribution in [3.63, 3.8) is 0 Å². The molecule has 6 nitrogen and oxygen atoms in total. The Hall–Kier alpha value is -4.23. The lowest BCUT2D eigenvalue weighted by atomic mass is 9.87. The fourth-order valence-electron chi connectivity index (χ4n) is 4.30. The average Bonchev–Trinajstić information content (AvgIpc) is 3.36. The first kappa shape index (κ1) is 26.4. The van der Waals surface area contributed by atoms with Gasteiger partial charge in [0.15, 0.2) is 11.0 Å². The van der Waals surface area contributed by atoms with Crippen LogP contribution in [-0.2, 0) is 10.2 Å². The maximum atomic E-state index is 12.7. The zero-order chi connectivity index (χ0) is 27.4. The van der Waals surface area contributed by atoms with Gasteiger partial charge >= 0.3 is 0 Å². The summed E-state index contributed by atoms with van der Waals surface area (Å²) in [5.74, 6) is 0.669. The molecule has 0 aliphatic rings. The predicted octanol–water partition coefficient (Wildman–Crippen LogP) is 6.94. The fraction of sp³-hybridized carbons (Fsp3) is 0.188. The molecule has 0 atom stereocenters. The van der Waals surface area contributed by atoms with Crippen molar-refractivity contribution >= 4 is 34.7 Å². The summed E-state index contributed by atoms with van der Waals surface area (Å²) < 4.78 is 2.00. The third-order valence-corrected chi connectivity index (χ3v) is 7.41. The number of carbonyl (C=O) groups is 1. The van der Waals surface area contributed by atoms with Gasteiger partial charge in [0.05, 0.1) is 12.0 Å². The number of amides is 1. The van der Waals surface area contributed by atoms with Crippen LogP contribution in [0.2, 0.25) is 0 Å². The number of nitrogens with zero attached hydrogens (tertiary/aromatic N) is 4. The highest BCUT2D eigenvalue weighted by molar-refractivity contribution is 7.99. The third kappa shape index (κ3) is 6.10. The van der Waals surface area contributed by atoms with E-state index >= 15 is 0 Å². The molecule has 1 amide bonds. The molecule has 0 radical (unpaired) electrons. The smallest absolute Gasteiger partial charge is 0.250 e. The van der Waals surface area contributed by atoms with Crippen LogP contribution in [0, 0.1) is 6.92 Å². The van der Waals surface area contributed by atoms with E-state index in [1.165, 1.54) is 22.9 Å². The van der Waals surface area contributed by atoms with Gasteiger partial charge in [-0.2, -0.15) is 5.10 Å². The normalized spacial score (nSPS) is 11.8. The topological polar surface area (TPSA) is 72.2 Å². The summed E-state index contributed by atoms with van der Waals surface area (Å²) in [6.45, 7) is 8.65. The number of carbonyl (C=O) groups excluding carboxylic acids is 1. The van der Waals surface area contributed by atoms with Crippen LogP contribution in [0.1, 0.15) is 37.5 Å². The van der Waals surface area contributed by atoms with Gasteiger partial charge < -0.3 is 0 Å². The van der Waals surface area contributed by atoms with Gasteiger partial charge in [0.2, 0.25) is 0 Å². The molecule has 5 aromatic rings. The molecule has 0 unspecified atom stereocenters. The molecule has 0 aliphatic heterocycles. The zero-order valence-electron chi connectivity index (χ0n) is 22.6. The van der Waals surface area contributed by atoms with Gasteiger partial charge in [-0.3, -0.25) is 9.36 Å². The van der Waals surface area contributed by atoms with Crippen LogP contribution in [0.15, 0.2) is 101 Å². The maximum absolute atomic E-state index is 12.7. The standard InChI is InChI=1S/C32H31N5OS/c1-22-12-18-27(19-13-22)37-30(24-14-16-26(17-15-24)32(2,3)4)35-36-31(37)39-21-29(38)34-33-20-25-10-7-9-23-8-5-6-11-28(23)25/h5-20H,21H2,1-4H3,(H,34,38). The minimum absolute atomic E-state index is 0.0631. The van der Waals surface area contributed by atoms with Gasteiger partial charge in [0, 0.05) is 16.8 Å². The summed E-state index contributed by atoms with van der Waals surface area (Å²) >= 11 is 1.33. The molecule has 0 fully saturated rings. The minimum Gasteiger partial charge on any atom is -0.272 e. The second kappa shape index (κ2) is 11.3. The van der Waals surface area contributed by atoms with Gasteiger partial charge in [0.25, 0.3) is 5.91 Å². The molecule has 7 heteroatoms. The first-order valence-corrected chi connectivity index (χ1v) is 13.8. The van der Waals surface area contributed by atoms with E-state index in [1.807, 2.05) is 47.0 Å². The largest absolute Gasteiger partial charge is 0.272 e. The summed E-state index contributed by atoms with van der Waals surface area (Å²) in [6.07, 6.45) is 1.68. The van der Waals surface area contributed by atoms with Gasteiger partial charge in [-0.05, 0) is 40.8 Å². The number of nitrogens with one attached hydrogen (secondary N) is 1. The predicted molar refractivity (Wildman–Crippen MR) is 161 cm³/mol. The van der Waals surface area contributed by atoms with E-state index < -0.39 is 0 Å². The summed E-state index contributed by atoms with van der Waals surface area (Å²) in [6, 6.07) is 30.8. The Morgan fingerprint density at radius 1 is 0.923 bits per heavy atom. The van der Waals surface area contributed by atoms with E-state index in [1.54, 1.807) is 6.21 Å². The van der Waals surface area contributed by atoms with Crippen LogP contribution in [0.25, 0.3) is 27.8 Å². The monoisotopic (exact) mass is 533 g/mol. The lowest BCUT2D eigenvalue weighted by Crippen LogP contribution is -2.20. The number of hydrazone groups is 1. The van der Waals surface area contributed by atoms with Crippen LogP contribution < -0.4 is 5.43 Å². The number of aryl methyl sites for hydroxylation is 1. The minimum atomic E-state index is -0.217. The van der Waals surface area contributed by atoms with Crippen LogP contribution in [-0.4, -0.2) is 32.6 Å². The van der Waals surface area contributed by atoms with E-state index in [0.29, 0.717) is 5.16 Å². The molecule has 0 saturated carbocycles. The quantitative estimate of drug-likeness (QED) is 0.140. The molecule has 196 valence electrons. The van der Waals surface area contributed by atoms with Gasteiger partial charge in [-0.25, -0.2) is 5.43 Å². The van der Waals surface area contributed by atoms with E-state index in [4.69, 9.17) is 0 Å². The molecule has 0 aliphatic carbocycles. The Labute approximate surface area is 233 Å². The highest BCUT2D eigenvalue weighted by atomic mass is 32.2. The molecule has 39 heavy (non-hydrogen) atoms. The Morgan fingerprint density at radius 2 is 1.64 bits per heavy atom. The van der Waals surface area contributed by atoms with Crippen molar-refractivity contribution in [2.45, 2.75) is 38.3 Å². The molecule has 5 rings (SSSR count). The zero-order valence-corrected chi connectivity index (χ0v) is 23.4. The fourth-order valence-corrected chi connectivity index (χ4v) is 5.04. The first-order valence-electron chi connectivity index (χ1n) is 12.9. The molecular weight excluding hydrogens is 502 g/mol. The third-order valence-electron chi connectivity index (χ3n) is 6.48. The van der Waals surface area contributed by atoms with Gasteiger partial charge in [-0.15, -0.1) is 10.2 Å². The van der Waals surface area contributed by atoms with Crippen LogP contribution in [0.4, 0.5) is 0 Å². The molecule has 4 aromatic carbocycles. The average molecular weight is 534 g/mol. The van der Waals surface area contributed by atoms with E-state index in [2.05, 4.69) is 97.0 Å². The molecule has 1 heterocycles. The number of benzene rings is 4. The van der Waals surface area contributed by atoms with Crippen molar-refractivity contribution in [1.29, 1.82) is 0 Å². The molecule has 0 bridgehead atoms. The van der Waals surface area contributed by atoms with Gasteiger partial charge in [-0.1, -0.05) is 117 Å². The van der Waals surface area contributed by atoms with Crippen molar-refractivity contribution < 1.29 is 4.79 Å². The lowest BCUT2D eigenvalue weighted by Gasteiger charge is -2.19. The summed E-state index contributed by atoms with van der Waals surface area (Å²) in [5.41, 5.74) is 7.98. The van der Waals surface area contributed by atoms with E-state index in [-0.39, 0.29) is 17.1 Å². The molecule has 1 N–H and O–H groups in total. The van der Waals surface area contributed by atoms with Crippen LogP contribution in [0.3, 0.4) is 0 Å². The number of hydrogen-bond donors (Lipinski definition) is 1. The highest BCUT2D eigenvalue weighted by Crippen LogP contribution is 2.30. The Morgan fingerprint density at radius 3 is 2.38 bits per heavy atom. The van der Waals surface area contributed by atoms with Crippen LogP contribution >= 0.6 is 11.8 Å². The van der Waals surface area contributed by atoms with E-state index in [0.717, 1.165) is 33.4 Å². The second-order valence-electron chi connectivity index (χ2n) is 10.5. The van der Waals surface area contributed by atoms with Gasteiger partial charge in [0.1, 0.15) is 0 Å². The van der Waals surface area contributed by atoms with Crippen molar-refractivity contribution in [3.05, 3.63) is 108 Å². The lowest BCUT2D eigenvalue weighted by molar-refractivity contribution is -0.118. The van der Waals surface area contributed by atoms with Crippen molar-refractivity contribution in [2.75, 3.05) is 5.75 Å². The second-order valence-corrected chi connectivity index (χ2v) is 11.4. The summed E-state index contributed by atoms with van der Waals surface area (Å²) in [5, 5.41) is 16.0. The maximum Gasteiger partial charge on any atom is 0.250 e. The Bertz CT molecular complexity index is 1630. The van der Waals surface area contributed by atoms with Crippen molar-refractivity contribution in [1.82, 2.24) is 20.2 Å². The SMILES string of the molecule is Cc1ccc(-n2c(SCC(=O)NN=Cc3cccc4ccccc34)nnc2-c2ccc(C(C)(C)C)cc2)cc1. The van der Waals surface area contributed by atoms with E-state index in [9.17, 15) is 4.79 Å². The number of thioether (sulfide) groups is 1. The molecule has 0 spiro atoms. The summed E-state index contributed by atoms with van der Waals surface area (Å²) in [7, 11) is 0. The molecule has 1 aromatic heterocycles. The highest BCUT2D eigenvalue weighted by Gasteiger charge is 2.19. The van der Waals surface area contributed by atoms with Crippen LogP contribution in [0.5, 0.6) is 0 Å². The Balaban J connectivity index is 1.34. The molecular formula is C32H31N5OS. The van der Waals surface area contributed by atoms with Crippen molar-refractivity contribution in [3.8, 4) is 17.1 Å². The Kier molecular flexibility index (Phi) is 7.61. The number of fused-ring (bicyclic) bond motifs is 1. The van der Waals surface area contributed by atoms with Crippen molar-refractivity contribution in [2.24, 2.45) is 5.10 Å². The number of aromatic nitrogens is 3. The first-order chi connectivity index (χ1) is 18.8. The number of rotatable bonds is 7.